The SMILES string of the molecule is C[C@@H](NC(=O)CN)[C@H]1C(=O)N2C(C(=O)O)=C(S[C@@H]3CN[C@H](C(=O)N4CC[C@H](N)C4)C3)[C@H](C)[C@@H]12. The van der Waals surface area contributed by atoms with Crippen molar-refractivity contribution < 1.29 is 24.3 Å². The summed E-state index contributed by atoms with van der Waals surface area (Å²) in [7, 11) is 0. The third kappa shape index (κ3) is 4.25. The topological polar surface area (TPSA) is 171 Å². The van der Waals surface area contributed by atoms with Crippen LogP contribution in [0.5, 0.6) is 0 Å². The normalized spacial score (nSPS) is 34.4. The van der Waals surface area contributed by atoms with E-state index in [4.69, 9.17) is 11.5 Å². The fourth-order valence-electron chi connectivity index (χ4n) is 5.47. The molecule has 4 rings (SSSR count). The lowest BCUT2D eigenvalue weighted by atomic mass is 9.78. The van der Waals surface area contributed by atoms with E-state index >= 15 is 0 Å². The molecule has 12 heteroatoms. The number of carbonyl (C=O) groups excluding carboxylic acids is 3. The van der Waals surface area contributed by atoms with Crippen molar-refractivity contribution in [3.63, 3.8) is 0 Å². The second-order valence-corrected chi connectivity index (χ2v) is 10.7. The van der Waals surface area contributed by atoms with Gasteiger partial charge in [-0.2, -0.15) is 0 Å². The van der Waals surface area contributed by atoms with Crippen LogP contribution >= 0.6 is 11.8 Å². The molecule has 0 radical (unpaired) electrons. The summed E-state index contributed by atoms with van der Waals surface area (Å²) in [6, 6.07) is -1.05. The number of nitrogens with one attached hydrogen (secondary N) is 2. The zero-order chi connectivity index (χ0) is 24.0. The van der Waals surface area contributed by atoms with Crippen molar-refractivity contribution in [3.8, 4) is 0 Å². The number of carbonyl (C=O) groups is 4. The molecule has 7 N–H and O–H groups in total. The number of β-lactam (4-membered cyclic amide) rings is 1. The van der Waals surface area contributed by atoms with E-state index in [1.807, 2.05) is 6.92 Å². The first-order valence-electron chi connectivity index (χ1n) is 11.4. The Balaban J connectivity index is 1.44. The van der Waals surface area contributed by atoms with E-state index < -0.39 is 17.9 Å². The average molecular weight is 481 g/mol. The molecule has 33 heavy (non-hydrogen) atoms. The summed E-state index contributed by atoms with van der Waals surface area (Å²) < 4.78 is 0. The highest BCUT2D eigenvalue weighted by Gasteiger charge is 2.60. The quantitative estimate of drug-likeness (QED) is 0.265. The number of fused-ring (bicyclic) bond motifs is 1. The molecule has 0 saturated carbocycles. The zero-order valence-electron chi connectivity index (χ0n) is 18.8. The Kier molecular flexibility index (Phi) is 6.72. The van der Waals surface area contributed by atoms with Crippen LogP contribution in [0.4, 0.5) is 0 Å². The van der Waals surface area contributed by atoms with Crippen LogP contribution in [0, 0.1) is 11.8 Å². The molecule has 4 heterocycles. The number of nitrogens with two attached hydrogens (primary N) is 2. The molecule has 0 aromatic heterocycles. The van der Waals surface area contributed by atoms with E-state index in [0.29, 0.717) is 31.0 Å². The lowest BCUT2D eigenvalue weighted by molar-refractivity contribution is -0.158. The summed E-state index contributed by atoms with van der Waals surface area (Å²) >= 11 is 1.44. The maximum Gasteiger partial charge on any atom is 0.353 e. The minimum atomic E-state index is -1.14. The highest BCUT2D eigenvalue weighted by atomic mass is 32.2. The van der Waals surface area contributed by atoms with Gasteiger partial charge in [-0.15, -0.1) is 11.8 Å². The Morgan fingerprint density at radius 1 is 1.36 bits per heavy atom. The summed E-state index contributed by atoms with van der Waals surface area (Å²) in [6.45, 7) is 5.30. The molecular weight excluding hydrogens is 448 g/mol. The maximum absolute atomic E-state index is 12.9. The van der Waals surface area contributed by atoms with Gasteiger partial charge in [0.2, 0.25) is 17.7 Å². The van der Waals surface area contributed by atoms with Crippen LogP contribution in [0.1, 0.15) is 26.7 Å². The molecule has 0 aliphatic carbocycles. The van der Waals surface area contributed by atoms with Crippen molar-refractivity contribution in [1.82, 2.24) is 20.4 Å². The predicted octanol–water partition coefficient (Wildman–Crippen LogP) is -1.75. The van der Waals surface area contributed by atoms with Gasteiger partial charge in [0.25, 0.3) is 0 Å². The first-order chi connectivity index (χ1) is 15.6. The lowest BCUT2D eigenvalue weighted by Crippen LogP contribution is -2.66. The molecule has 0 aromatic rings. The second kappa shape index (κ2) is 9.24. The summed E-state index contributed by atoms with van der Waals surface area (Å²) in [5.41, 5.74) is 11.3. The van der Waals surface area contributed by atoms with E-state index in [-0.39, 0.29) is 59.3 Å². The Labute approximate surface area is 196 Å². The van der Waals surface area contributed by atoms with Crippen molar-refractivity contribution in [2.45, 2.75) is 56.1 Å². The Bertz CT molecular complexity index is 896. The van der Waals surface area contributed by atoms with E-state index in [1.165, 1.54) is 16.7 Å². The van der Waals surface area contributed by atoms with Crippen LogP contribution in [-0.2, 0) is 19.2 Å². The number of carboxylic acids is 1. The number of rotatable bonds is 7. The summed E-state index contributed by atoms with van der Waals surface area (Å²) in [6.07, 6.45) is 1.39. The largest absolute Gasteiger partial charge is 0.477 e. The molecule has 182 valence electrons. The van der Waals surface area contributed by atoms with Gasteiger partial charge in [-0.05, 0) is 19.8 Å². The molecule has 4 aliphatic heterocycles. The highest BCUT2D eigenvalue weighted by molar-refractivity contribution is 8.03. The number of aliphatic carboxylic acids is 1. The molecule has 0 bridgehead atoms. The van der Waals surface area contributed by atoms with Crippen LogP contribution < -0.4 is 22.1 Å². The number of nitrogens with zero attached hydrogens (tertiary/aromatic N) is 2. The third-order valence-electron chi connectivity index (χ3n) is 7.12. The van der Waals surface area contributed by atoms with Crippen molar-refractivity contribution in [1.29, 1.82) is 0 Å². The molecule has 3 amide bonds. The van der Waals surface area contributed by atoms with E-state index in [9.17, 15) is 24.3 Å². The Morgan fingerprint density at radius 2 is 2.09 bits per heavy atom. The van der Waals surface area contributed by atoms with Crippen LogP contribution in [0.3, 0.4) is 0 Å². The van der Waals surface area contributed by atoms with Gasteiger partial charge in [0, 0.05) is 47.8 Å². The van der Waals surface area contributed by atoms with Crippen LogP contribution in [0.2, 0.25) is 0 Å². The van der Waals surface area contributed by atoms with Gasteiger partial charge >= 0.3 is 5.97 Å². The number of carboxylic acid groups (broad SMARTS) is 1. The van der Waals surface area contributed by atoms with E-state index in [0.717, 1.165) is 6.42 Å². The maximum atomic E-state index is 12.9. The summed E-state index contributed by atoms with van der Waals surface area (Å²) in [5.74, 6) is -2.44. The fourth-order valence-corrected chi connectivity index (χ4v) is 6.95. The molecule has 7 atom stereocenters. The highest BCUT2D eigenvalue weighted by Crippen LogP contribution is 2.51. The summed E-state index contributed by atoms with van der Waals surface area (Å²) in [4.78, 5) is 53.3. The Morgan fingerprint density at radius 3 is 2.70 bits per heavy atom. The molecule has 3 fully saturated rings. The smallest absolute Gasteiger partial charge is 0.353 e. The van der Waals surface area contributed by atoms with Crippen LogP contribution in [0.25, 0.3) is 0 Å². The number of hydrogen-bond donors (Lipinski definition) is 5. The molecule has 0 spiro atoms. The van der Waals surface area contributed by atoms with Gasteiger partial charge in [0.15, 0.2) is 0 Å². The Hall–Kier alpha value is -2.15. The van der Waals surface area contributed by atoms with Gasteiger partial charge < -0.3 is 37.0 Å². The van der Waals surface area contributed by atoms with Gasteiger partial charge in [-0.3, -0.25) is 14.4 Å². The van der Waals surface area contributed by atoms with E-state index in [1.54, 1.807) is 11.8 Å². The van der Waals surface area contributed by atoms with Gasteiger partial charge in [-0.25, -0.2) is 4.79 Å². The van der Waals surface area contributed by atoms with Gasteiger partial charge in [0.1, 0.15) is 5.70 Å². The minimum absolute atomic E-state index is 0.0173. The molecule has 4 aliphatic rings. The number of thioether (sulfide) groups is 1. The first-order valence-corrected chi connectivity index (χ1v) is 12.3. The second-order valence-electron chi connectivity index (χ2n) is 9.36. The number of amides is 3. The minimum Gasteiger partial charge on any atom is -0.477 e. The number of likely N-dealkylation sites (tertiary alicyclic amines) is 1. The number of hydrogen-bond acceptors (Lipinski definition) is 8. The van der Waals surface area contributed by atoms with Gasteiger partial charge in [0.05, 0.1) is 24.5 Å². The van der Waals surface area contributed by atoms with Gasteiger partial charge in [-0.1, -0.05) is 6.92 Å². The fraction of sp³-hybridized carbons (Fsp3) is 0.714. The molecule has 3 saturated heterocycles. The van der Waals surface area contributed by atoms with Crippen molar-refractivity contribution in [2.24, 2.45) is 23.3 Å². The predicted molar refractivity (Wildman–Crippen MR) is 122 cm³/mol. The van der Waals surface area contributed by atoms with Crippen LogP contribution in [-0.4, -0.2) is 94.2 Å². The molecule has 11 nitrogen and oxygen atoms in total. The zero-order valence-corrected chi connectivity index (χ0v) is 19.6. The molecule has 0 unspecified atom stereocenters. The molecular formula is C21H32N6O5S. The third-order valence-corrected chi connectivity index (χ3v) is 8.63. The molecule has 0 aromatic carbocycles. The van der Waals surface area contributed by atoms with Crippen molar-refractivity contribution in [3.05, 3.63) is 10.6 Å². The summed E-state index contributed by atoms with van der Waals surface area (Å²) in [5, 5.41) is 15.9. The lowest BCUT2D eigenvalue weighted by Gasteiger charge is -2.47. The first kappa shape index (κ1) is 24.0. The van der Waals surface area contributed by atoms with Crippen molar-refractivity contribution in [2.75, 3.05) is 26.2 Å². The van der Waals surface area contributed by atoms with Crippen LogP contribution in [0.15, 0.2) is 10.6 Å². The van der Waals surface area contributed by atoms with Crippen molar-refractivity contribution >= 4 is 35.5 Å². The monoisotopic (exact) mass is 480 g/mol. The standard InChI is InChI=1S/C21H32N6O5S/c1-9-16-15(10(2)25-14(28)6-22)20(30)27(16)17(21(31)32)18(9)33-12-5-13(24-7-12)19(29)26-4-3-11(23)8-26/h9-13,15-16,24H,3-8,22-23H2,1-2H3,(H,25,28)(H,31,32)/t9-,10-,11+,12+,13+,15-,16+/m1/s1. The van der Waals surface area contributed by atoms with E-state index in [2.05, 4.69) is 10.6 Å². The average Bonchev–Trinajstić information content (AvgIpc) is 3.46.